The van der Waals surface area contributed by atoms with Crippen molar-refractivity contribution in [3.63, 3.8) is 0 Å². The highest BCUT2D eigenvalue weighted by Crippen LogP contribution is 2.26. The lowest BCUT2D eigenvalue weighted by Crippen LogP contribution is -2.04. The Morgan fingerprint density at radius 2 is 1.71 bits per heavy atom. The van der Waals surface area contributed by atoms with Crippen molar-refractivity contribution in [2.45, 2.75) is 18.4 Å². The molecule has 0 saturated heterocycles. The van der Waals surface area contributed by atoms with Crippen LogP contribution >= 0.6 is 23.2 Å². The quantitative estimate of drug-likeness (QED) is 0.875. The van der Waals surface area contributed by atoms with Gasteiger partial charge in [0, 0.05) is 12.2 Å². The van der Waals surface area contributed by atoms with E-state index in [1.165, 1.54) is 0 Å². The number of anilines is 1. The van der Waals surface area contributed by atoms with Crippen molar-refractivity contribution in [1.82, 2.24) is 0 Å². The zero-order valence-electron chi connectivity index (χ0n) is 11.4. The molecule has 0 unspecified atom stereocenters. The van der Waals surface area contributed by atoms with Gasteiger partial charge in [-0.15, -0.1) is 0 Å². The number of rotatable bonds is 5. The Hall–Kier alpha value is -1.23. The number of hydrogen-bond acceptors (Lipinski definition) is 3. The molecule has 21 heavy (non-hydrogen) atoms. The minimum atomic E-state index is -3.16. The summed E-state index contributed by atoms with van der Waals surface area (Å²) in [5.41, 5.74) is 1.70. The van der Waals surface area contributed by atoms with Gasteiger partial charge in [0.05, 0.1) is 20.7 Å². The average Bonchev–Trinajstić information content (AvgIpc) is 2.49. The number of halogens is 2. The fourth-order valence-electron chi connectivity index (χ4n) is 1.83. The minimum absolute atomic E-state index is 0.0951. The highest BCUT2D eigenvalue weighted by Gasteiger charge is 2.10. The Morgan fingerprint density at radius 3 is 2.33 bits per heavy atom. The number of nitrogens with one attached hydrogen (secondary N) is 1. The normalized spacial score (nSPS) is 11.4. The van der Waals surface area contributed by atoms with Gasteiger partial charge in [0.15, 0.2) is 9.84 Å². The SMILES string of the molecule is CCS(=O)(=O)c1ccc(NCc2cccc(Cl)c2Cl)cc1. The molecule has 0 bridgehead atoms. The van der Waals surface area contributed by atoms with Crippen LogP contribution in [0.2, 0.25) is 10.0 Å². The molecule has 1 N–H and O–H groups in total. The molecule has 0 radical (unpaired) electrons. The molecule has 0 aromatic heterocycles. The maximum atomic E-state index is 11.7. The summed E-state index contributed by atoms with van der Waals surface area (Å²) in [4.78, 5) is 0.330. The Labute approximate surface area is 134 Å². The molecule has 0 fully saturated rings. The third-order valence-corrected chi connectivity index (χ3v) is 5.72. The number of hydrogen-bond donors (Lipinski definition) is 1. The van der Waals surface area contributed by atoms with E-state index in [-0.39, 0.29) is 5.75 Å². The summed E-state index contributed by atoms with van der Waals surface area (Å²) in [5.74, 6) is 0.0951. The van der Waals surface area contributed by atoms with E-state index in [1.54, 1.807) is 37.3 Å². The van der Waals surface area contributed by atoms with Gasteiger partial charge >= 0.3 is 0 Å². The van der Waals surface area contributed by atoms with Gasteiger partial charge in [-0.2, -0.15) is 0 Å². The van der Waals surface area contributed by atoms with Crippen LogP contribution in [0.4, 0.5) is 5.69 Å². The van der Waals surface area contributed by atoms with Crippen LogP contribution in [0.25, 0.3) is 0 Å². The molecule has 6 heteroatoms. The van der Waals surface area contributed by atoms with Gasteiger partial charge in [0.1, 0.15) is 0 Å². The third-order valence-electron chi connectivity index (χ3n) is 3.11. The van der Waals surface area contributed by atoms with Crippen molar-refractivity contribution in [1.29, 1.82) is 0 Å². The summed E-state index contributed by atoms with van der Waals surface area (Å²) in [6.45, 7) is 2.14. The van der Waals surface area contributed by atoms with Crippen molar-refractivity contribution in [3.05, 3.63) is 58.1 Å². The Bertz CT molecular complexity index is 728. The lowest BCUT2D eigenvalue weighted by atomic mass is 10.2. The second-order valence-corrected chi connectivity index (χ2v) is 7.56. The van der Waals surface area contributed by atoms with E-state index in [4.69, 9.17) is 23.2 Å². The third kappa shape index (κ3) is 3.90. The van der Waals surface area contributed by atoms with E-state index < -0.39 is 9.84 Å². The molecule has 0 atom stereocenters. The first kappa shape index (κ1) is 16.1. The molecule has 2 rings (SSSR count). The lowest BCUT2D eigenvalue weighted by Gasteiger charge is -2.09. The van der Waals surface area contributed by atoms with E-state index in [2.05, 4.69) is 5.32 Å². The second-order valence-electron chi connectivity index (χ2n) is 4.49. The lowest BCUT2D eigenvalue weighted by molar-refractivity contribution is 0.597. The largest absolute Gasteiger partial charge is 0.381 e. The molecular weight excluding hydrogens is 329 g/mol. The predicted octanol–water partition coefficient (Wildman–Crippen LogP) is 4.40. The smallest absolute Gasteiger partial charge is 0.178 e. The van der Waals surface area contributed by atoms with Crippen molar-refractivity contribution < 1.29 is 8.42 Å². The summed E-state index contributed by atoms with van der Waals surface area (Å²) in [5, 5.41) is 4.23. The Kier molecular flexibility index (Phi) is 5.14. The van der Waals surface area contributed by atoms with Crippen molar-refractivity contribution in [2.75, 3.05) is 11.1 Å². The van der Waals surface area contributed by atoms with Crippen molar-refractivity contribution in [2.24, 2.45) is 0 Å². The zero-order chi connectivity index (χ0) is 15.5. The van der Waals surface area contributed by atoms with Crippen LogP contribution in [-0.4, -0.2) is 14.2 Å². The predicted molar refractivity (Wildman–Crippen MR) is 88.0 cm³/mol. The standard InChI is InChI=1S/C15H15Cl2NO2S/c1-2-21(19,20)13-8-6-12(7-9-13)18-10-11-4-3-5-14(16)15(11)17/h3-9,18H,2,10H2,1H3. The highest BCUT2D eigenvalue weighted by molar-refractivity contribution is 7.91. The maximum absolute atomic E-state index is 11.7. The van der Waals surface area contributed by atoms with Crippen molar-refractivity contribution in [3.8, 4) is 0 Å². The monoisotopic (exact) mass is 343 g/mol. The summed E-state index contributed by atoms with van der Waals surface area (Å²) in [6, 6.07) is 12.1. The molecule has 0 spiro atoms. The first-order valence-electron chi connectivity index (χ1n) is 6.43. The van der Waals surface area contributed by atoms with Crippen LogP contribution in [0.15, 0.2) is 47.4 Å². The first-order valence-corrected chi connectivity index (χ1v) is 8.84. The molecule has 112 valence electrons. The van der Waals surface area contributed by atoms with E-state index >= 15 is 0 Å². The van der Waals surface area contributed by atoms with Gasteiger partial charge in [-0.1, -0.05) is 42.3 Å². The Balaban J connectivity index is 2.09. The van der Waals surface area contributed by atoms with Gasteiger partial charge in [-0.3, -0.25) is 0 Å². The van der Waals surface area contributed by atoms with Crippen LogP contribution in [-0.2, 0) is 16.4 Å². The fraction of sp³-hybridized carbons (Fsp3) is 0.200. The van der Waals surface area contributed by atoms with Crippen LogP contribution in [0.5, 0.6) is 0 Å². The molecule has 0 saturated carbocycles. The molecule has 0 amide bonds. The highest BCUT2D eigenvalue weighted by atomic mass is 35.5. The molecule has 2 aromatic rings. The summed E-state index contributed by atoms with van der Waals surface area (Å²) >= 11 is 12.1. The van der Waals surface area contributed by atoms with Gasteiger partial charge in [0.25, 0.3) is 0 Å². The van der Waals surface area contributed by atoms with E-state index in [1.807, 2.05) is 12.1 Å². The maximum Gasteiger partial charge on any atom is 0.178 e. The van der Waals surface area contributed by atoms with Crippen LogP contribution < -0.4 is 5.32 Å². The fourth-order valence-corrected chi connectivity index (χ4v) is 3.10. The zero-order valence-corrected chi connectivity index (χ0v) is 13.8. The van der Waals surface area contributed by atoms with Gasteiger partial charge < -0.3 is 5.32 Å². The van der Waals surface area contributed by atoms with Crippen LogP contribution in [0.3, 0.4) is 0 Å². The van der Waals surface area contributed by atoms with E-state index in [0.29, 0.717) is 21.5 Å². The first-order chi connectivity index (χ1) is 9.94. The molecule has 0 aliphatic heterocycles. The molecule has 2 aromatic carbocycles. The van der Waals surface area contributed by atoms with Gasteiger partial charge in [0.2, 0.25) is 0 Å². The summed E-state index contributed by atoms with van der Waals surface area (Å²) < 4.78 is 23.4. The summed E-state index contributed by atoms with van der Waals surface area (Å²) in [6.07, 6.45) is 0. The molecule has 3 nitrogen and oxygen atoms in total. The number of sulfone groups is 1. The van der Waals surface area contributed by atoms with E-state index in [0.717, 1.165) is 11.3 Å². The second kappa shape index (κ2) is 6.69. The Morgan fingerprint density at radius 1 is 1.05 bits per heavy atom. The van der Waals surface area contributed by atoms with E-state index in [9.17, 15) is 8.42 Å². The molecule has 0 aliphatic carbocycles. The van der Waals surface area contributed by atoms with Crippen LogP contribution in [0, 0.1) is 0 Å². The molecule has 0 aliphatic rings. The van der Waals surface area contributed by atoms with Gasteiger partial charge in [-0.05, 0) is 35.9 Å². The van der Waals surface area contributed by atoms with Gasteiger partial charge in [-0.25, -0.2) is 8.42 Å². The van der Waals surface area contributed by atoms with Crippen LogP contribution in [0.1, 0.15) is 12.5 Å². The average molecular weight is 344 g/mol. The molecular formula is C15H15Cl2NO2S. The minimum Gasteiger partial charge on any atom is -0.381 e. The molecule has 0 heterocycles. The summed E-state index contributed by atoms with van der Waals surface area (Å²) in [7, 11) is -3.16. The topological polar surface area (TPSA) is 46.2 Å². The van der Waals surface area contributed by atoms with Crippen molar-refractivity contribution >= 4 is 38.7 Å². The number of benzene rings is 2.